The van der Waals surface area contributed by atoms with Gasteiger partial charge in [0.2, 0.25) is 5.91 Å². The van der Waals surface area contributed by atoms with Gasteiger partial charge in [-0.1, -0.05) is 12.1 Å². The van der Waals surface area contributed by atoms with Gasteiger partial charge in [0.1, 0.15) is 6.33 Å². The Bertz CT molecular complexity index is 918. The van der Waals surface area contributed by atoms with Gasteiger partial charge in [-0.2, -0.15) is 13.2 Å². The lowest BCUT2D eigenvalue weighted by molar-refractivity contribution is -0.137. The molecule has 0 saturated heterocycles. The average Bonchev–Trinajstić information content (AvgIpc) is 3.15. The van der Waals surface area contributed by atoms with Gasteiger partial charge in [-0.25, -0.2) is 4.68 Å². The summed E-state index contributed by atoms with van der Waals surface area (Å²) in [5.41, 5.74) is 0.760. The molecular formula is C17H12F3N5O. The predicted octanol–water partition coefficient (Wildman–Crippen LogP) is 3.33. The van der Waals surface area contributed by atoms with E-state index < -0.39 is 17.6 Å². The largest absolute Gasteiger partial charge is 0.416 e. The minimum Gasteiger partial charge on any atom is -0.323 e. The number of amides is 1. The Morgan fingerprint density at radius 3 is 2.54 bits per heavy atom. The lowest BCUT2D eigenvalue weighted by Gasteiger charge is -2.06. The molecule has 1 heterocycles. The number of hydrogen-bond donors (Lipinski definition) is 1. The highest BCUT2D eigenvalue weighted by molar-refractivity contribution is 6.01. The summed E-state index contributed by atoms with van der Waals surface area (Å²) in [4.78, 5) is 11.9. The summed E-state index contributed by atoms with van der Waals surface area (Å²) in [5.74, 6) is -0.461. The molecule has 0 aliphatic heterocycles. The Kier molecular flexibility index (Phi) is 4.78. The maximum absolute atomic E-state index is 12.7. The number of hydrogen-bond acceptors (Lipinski definition) is 4. The quantitative estimate of drug-likeness (QED) is 0.725. The number of rotatable bonds is 4. The summed E-state index contributed by atoms with van der Waals surface area (Å²) in [6.45, 7) is 0. The number of tetrazole rings is 1. The smallest absolute Gasteiger partial charge is 0.323 e. The first kappa shape index (κ1) is 17.3. The summed E-state index contributed by atoms with van der Waals surface area (Å²) in [7, 11) is 0. The Morgan fingerprint density at radius 2 is 1.88 bits per heavy atom. The van der Waals surface area contributed by atoms with Crippen LogP contribution in [0.4, 0.5) is 18.9 Å². The van der Waals surface area contributed by atoms with Crippen molar-refractivity contribution >= 4 is 17.7 Å². The van der Waals surface area contributed by atoms with Crippen molar-refractivity contribution in [2.24, 2.45) is 0 Å². The van der Waals surface area contributed by atoms with Crippen molar-refractivity contribution in [2.45, 2.75) is 6.18 Å². The van der Waals surface area contributed by atoms with Gasteiger partial charge in [0.15, 0.2) is 0 Å². The van der Waals surface area contributed by atoms with Gasteiger partial charge >= 0.3 is 6.18 Å². The molecule has 26 heavy (non-hydrogen) atoms. The number of nitrogens with zero attached hydrogens (tertiary/aromatic N) is 4. The molecule has 0 atom stereocenters. The Labute approximate surface area is 146 Å². The molecule has 0 aliphatic rings. The van der Waals surface area contributed by atoms with E-state index in [0.717, 1.165) is 12.1 Å². The summed E-state index contributed by atoms with van der Waals surface area (Å²) < 4.78 is 39.5. The van der Waals surface area contributed by atoms with Crippen molar-refractivity contribution in [3.8, 4) is 5.69 Å². The van der Waals surface area contributed by atoms with Crippen LogP contribution in [0.5, 0.6) is 0 Å². The van der Waals surface area contributed by atoms with E-state index in [9.17, 15) is 18.0 Å². The number of nitrogens with one attached hydrogen (secondary N) is 1. The minimum atomic E-state index is -4.42. The van der Waals surface area contributed by atoms with Crippen LogP contribution in [0.2, 0.25) is 0 Å². The van der Waals surface area contributed by atoms with Crippen LogP contribution in [0.3, 0.4) is 0 Å². The lowest BCUT2D eigenvalue weighted by atomic mass is 10.1. The molecule has 1 aromatic heterocycles. The number of carbonyl (C=O) groups excluding carboxylic acids is 1. The number of alkyl halides is 3. The van der Waals surface area contributed by atoms with Crippen molar-refractivity contribution in [1.29, 1.82) is 0 Å². The molecule has 0 bridgehead atoms. The fourth-order valence-corrected chi connectivity index (χ4v) is 2.15. The van der Waals surface area contributed by atoms with Gasteiger partial charge in [-0.3, -0.25) is 4.79 Å². The van der Waals surface area contributed by atoms with Crippen LogP contribution in [0.1, 0.15) is 11.1 Å². The van der Waals surface area contributed by atoms with Crippen LogP contribution >= 0.6 is 0 Å². The molecule has 1 amide bonds. The van der Waals surface area contributed by atoms with Crippen LogP contribution < -0.4 is 5.32 Å². The number of anilines is 1. The van der Waals surface area contributed by atoms with E-state index in [0.29, 0.717) is 11.4 Å². The molecule has 0 radical (unpaired) electrons. The number of benzene rings is 2. The van der Waals surface area contributed by atoms with Gasteiger partial charge < -0.3 is 5.32 Å². The van der Waals surface area contributed by atoms with Crippen LogP contribution in [0.15, 0.2) is 60.9 Å². The van der Waals surface area contributed by atoms with E-state index in [1.165, 1.54) is 35.3 Å². The molecule has 0 fully saturated rings. The van der Waals surface area contributed by atoms with Crippen LogP contribution in [-0.4, -0.2) is 26.1 Å². The van der Waals surface area contributed by atoms with Crippen molar-refractivity contribution < 1.29 is 18.0 Å². The zero-order valence-electron chi connectivity index (χ0n) is 13.2. The van der Waals surface area contributed by atoms with E-state index in [4.69, 9.17) is 0 Å². The fourth-order valence-electron chi connectivity index (χ4n) is 2.15. The second-order valence-electron chi connectivity index (χ2n) is 5.25. The standard InChI is InChI=1S/C17H12F3N5O/c18-17(19,20)13-3-1-2-12(10-13)4-9-16(26)22-14-5-7-15(8-6-14)25-11-21-23-24-25/h1-11H,(H,22,26). The van der Waals surface area contributed by atoms with Crippen molar-refractivity contribution in [2.75, 3.05) is 5.32 Å². The fraction of sp³-hybridized carbons (Fsp3) is 0.0588. The van der Waals surface area contributed by atoms with Crippen molar-refractivity contribution in [3.63, 3.8) is 0 Å². The third-order valence-electron chi connectivity index (χ3n) is 3.39. The molecule has 0 aliphatic carbocycles. The Hall–Kier alpha value is -3.49. The van der Waals surface area contributed by atoms with Gasteiger partial charge in [-0.05, 0) is 58.5 Å². The summed E-state index contributed by atoms with van der Waals surface area (Å²) in [5, 5.41) is 13.4. The number of carbonyl (C=O) groups is 1. The third-order valence-corrected chi connectivity index (χ3v) is 3.39. The van der Waals surface area contributed by atoms with Crippen molar-refractivity contribution in [3.05, 3.63) is 72.1 Å². The predicted molar refractivity (Wildman–Crippen MR) is 88.3 cm³/mol. The Morgan fingerprint density at radius 1 is 1.12 bits per heavy atom. The third kappa shape index (κ3) is 4.32. The first-order valence-electron chi connectivity index (χ1n) is 7.41. The molecule has 0 spiro atoms. The second kappa shape index (κ2) is 7.18. The molecule has 1 N–H and O–H groups in total. The topological polar surface area (TPSA) is 72.7 Å². The van der Waals surface area contributed by atoms with E-state index in [1.807, 2.05) is 0 Å². The van der Waals surface area contributed by atoms with E-state index >= 15 is 0 Å². The first-order valence-corrected chi connectivity index (χ1v) is 7.41. The van der Waals surface area contributed by atoms with E-state index in [1.54, 1.807) is 24.3 Å². The van der Waals surface area contributed by atoms with Crippen LogP contribution in [-0.2, 0) is 11.0 Å². The monoisotopic (exact) mass is 359 g/mol. The molecule has 2 aromatic carbocycles. The highest BCUT2D eigenvalue weighted by Gasteiger charge is 2.30. The molecule has 3 rings (SSSR count). The minimum absolute atomic E-state index is 0.281. The maximum atomic E-state index is 12.7. The van der Waals surface area contributed by atoms with Gasteiger partial charge in [0, 0.05) is 11.8 Å². The van der Waals surface area contributed by atoms with Crippen LogP contribution in [0.25, 0.3) is 11.8 Å². The molecule has 0 saturated carbocycles. The number of halogens is 3. The molecule has 9 heteroatoms. The molecule has 132 valence electrons. The van der Waals surface area contributed by atoms with Gasteiger partial charge in [-0.15, -0.1) is 5.10 Å². The maximum Gasteiger partial charge on any atom is 0.416 e. The highest BCUT2D eigenvalue weighted by atomic mass is 19.4. The summed E-state index contributed by atoms with van der Waals surface area (Å²) >= 11 is 0. The van der Waals surface area contributed by atoms with Crippen LogP contribution in [0, 0.1) is 0 Å². The first-order chi connectivity index (χ1) is 12.4. The summed E-state index contributed by atoms with van der Waals surface area (Å²) in [6.07, 6.45) is -0.496. The average molecular weight is 359 g/mol. The summed E-state index contributed by atoms with van der Waals surface area (Å²) in [6, 6.07) is 11.5. The lowest BCUT2D eigenvalue weighted by Crippen LogP contribution is -2.08. The molecular weight excluding hydrogens is 347 g/mol. The SMILES string of the molecule is O=C(C=Cc1cccc(C(F)(F)F)c1)Nc1ccc(-n2cnnn2)cc1. The molecule has 0 unspecified atom stereocenters. The van der Waals surface area contributed by atoms with Gasteiger partial charge in [0.25, 0.3) is 0 Å². The zero-order chi connectivity index (χ0) is 18.6. The van der Waals surface area contributed by atoms with Crippen molar-refractivity contribution in [1.82, 2.24) is 20.2 Å². The highest BCUT2D eigenvalue weighted by Crippen LogP contribution is 2.29. The normalized spacial score (nSPS) is 11.7. The van der Waals surface area contributed by atoms with E-state index in [2.05, 4.69) is 20.8 Å². The molecule has 3 aromatic rings. The second-order valence-corrected chi connectivity index (χ2v) is 5.25. The number of aromatic nitrogens is 4. The zero-order valence-corrected chi connectivity index (χ0v) is 13.2. The molecule has 6 nitrogen and oxygen atoms in total. The van der Waals surface area contributed by atoms with E-state index in [-0.39, 0.29) is 5.56 Å². The Balaban J connectivity index is 1.64. The van der Waals surface area contributed by atoms with Gasteiger partial charge in [0.05, 0.1) is 11.3 Å².